The van der Waals surface area contributed by atoms with Gasteiger partial charge in [-0.15, -0.1) is 0 Å². The second-order valence-corrected chi connectivity index (χ2v) is 8.70. The van der Waals surface area contributed by atoms with E-state index in [9.17, 15) is 13.2 Å². The van der Waals surface area contributed by atoms with Crippen molar-refractivity contribution in [2.24, 2.45) is 0 Å². The fourth-order valence-electron chi connectivity index (χ4n) is 2.47. The van der Waals surface area contributed by atoms with Crippen LogP contribution in [0, 0.1) is 6.92 Å². The summed E-state index contributed by atoms with van der Waals surface area (Å²) in [6, 6.07) is 7.13. The summed E-state index contributed by atoms with van der Waals surface area (Å²) in [5, 5.41) is 5.97. The van der Waals surface area contributed by atoms with Crippen molar-refractivity contribution in [3.05, 3.63) is 40.4 Å². The predicted octanol–water partition coefficient (Wildman–Crippen LogP) is 2.41. The van der Waals surface area contributed by atoms with Crippen molar-refractivity contribution in [1.29, 1.82) is 0 Å². The number of carbonyl (C=O) groups is 1. The topological polar surface area (TPSA) is 91.4 Å². The molecule has 0 spiro atoms. The highest BCUT2D eigenvalue weighted by Crippen LogP contribution is 2.29. The van der Waals surface area contributed by atoms with Crippen molar-refractivity contribution in [2.45, 2.75) is 19.9 Å². The van der Waals surface area contributed by atoms with Crippen LogP contribution in [0.2, 0.25) is 0 Å². The molecule has 2 aromatic rings. The Balaban J connectivity index is 1.68. The summed E-state index contributed by atoms with van der Waals surface area (Å²) in [4.78, 5) is 17.4. The van der Waals surface area contributed by atoms with Gasteiger partial charge < -0.3 is 5.32 Å². The van der Waals surface area contributed by atoms with Crippen molar-refractivity contribution in [3.8, 4) is 0 Å². The smallest absolute Gasteiger partial charge is 0.307 e. The van der Waals surface area contributed by atoms with Gasteiger partial charge >= 0.3 is 6.03 Å². The second kappa shape index (κ2) is 6.50. The van der Waals surface area contributed by atoms with Crippen molar-refractivity contribution in [2.75, 3.05) is 23.4 Å². The number of hydrogen-bond donors (Lipinski definition) is 2. The molecular weight excluding hydrogens is 348 g/mol. The highest BCUT2D eigenvalue weighted by Gasteiger charge is 2.26. The summed E-state index contributed by atoms with van der Waals surface area (Å²) in [7, 11) is -3.22. The summed E-state index contributed by atoms with van der Waals surface area (Å²) >= 11 is 1.31. The van der Waals surface area contributed by atoms with E-state index in [0.717, 1.165) is 21.8 Å². The first-order chi connectivity index (χ1) is 11.3. The fourth-order valence-corrected chi connectivity index (χ4v) is 4.36. The molecule has 1 aliphatic heterocycles. The third kappa shape index (κ3) is 3.74. The van der Waals surface area contributed by atoms with Gasteiger partial charge in [0.1, 0.15) is 0 Å². The standard InChI is InChI=1S/C15H18N4O3S2/c1-10-5-3-4-6-11(10)16-14(20)18-15-17-12-7-8-19(24(2,21)22)9-13(12)23-15/h3-6H,7-9H2,1-2H3,(H2,16,17,18,20). The molecule has 0 saturated carbocycles. The summed E-state index contributed by atoms with van der Waals surface area (Å²) in [6.07, 6.45) is 1.76. The number of aryl methyl sites for hydroxylation is 1. The molecule has 24 heavy (non-hydrogen) atoms. The molecule has 3 rings (SSSR count). The first-order valence-corrected chi connectivity index (χ1v) is 10.1. The van der Waals surface area contributed by atoms with E-state index in [0.29, 0.717) is 24.6 Å². The first kappa shape index (κ1) is 16.9. The van der Waals surface area contributed by atoms with Gasteiger partial charge in [-0.3, -0.25) is 5.32 Å². The van der Waals surface area contributed by atoms with E-state index in [-0.39, 0.29) is 6.03 Å². The van der Waals surface area contributed by atoms with E-state index >= 15 is 0 Å². The second-order valence-electron chi connectivity index (χ2n) is 5.63. The van der Waals surface area contributed by atoms with Crippen LogP contribution in [0.25, 0.3) is 0 Å². The van der Waals surface area contributed by atoms with Gasteiger partial charge in [0.2, 0.25) is 10.0 Å². The molecule has 1 aromatic heterocycles. The zero-order chi connectivity index (χ0) is 17.3. The third-order valence-electron chi connectivity index (χ3n) is 3.78. The Morgan fingerprint density at radius 3 is 2.75 bits per heavy atom. The van der Waals surface area contributed by atoms with Crippen LogP contribution in [0.5, 0.6) is 0 Å². The molecule has 128 valence electrons. The number of hydrogen-bond acceptors (Lipinski definition) is 5. The number of fused-ring (bicyclic) bond motifs is 1. The van der Waals surface area contributed by atoms with Crippen LogP contribution in [0.1, 0.15) is 16.1 Å². The maximum absolute atomic E-state index is 12.1. The van der Waals surface area contributed by atoms with Crippen molar-refractivity contribution >= 4 is 38.2 Å². The Bertz CT molecular complexity index is 877. The van der Waals surface area contributed by atoms with Crippen LogP contribution < -0.4 is 10.6 Å². The highest BCUT2D eigenvalue weighted by atomic mass is 32.2. The summed E-state index contributed by atoms with van der Waals surface area (Å²) in [5.41, 5.74) is 2.56. The van der Waals surface area contributed by atoms with E-state index in [2.05, 4.69) is 15.6 Å². The summed E-state index contributed by atoms with van der Waals surface area (Å²) in [6.45, 7) is 2.65. The Morgan fingerprint density at radius 2 is 2.04 bits per heavy atom. The van der Waals surface area contributed by atoms with E-state index in [4.69, 9.17) is 0 Å². The van der Waals surface area contributed by atoms with Crippen LogP contribution in [-0.4, -0.2) is 36.5 Å². The monoisotopic (exact) mass is 366 g/mol. The van der Waals surface area contributed by atoms with Gasteiger partial charge in [0.25, 0.3) is 0 Å². The molecule has 0 unspecified atom stereocenters. The van der Waals surface area contributed by atoms with Crippen LogP contribution in [0.3, 0.4) is 0 Å². The van der Waals surface area contributed by atoms with Gasteiger partial charge in [-0.1, -0.05) is 29.5 Å². The van der Waals surface area contributed by atoms with Crippen molar-refractivity contribution < 1.29 is 13.2 Å². The average molecular weight is 366 g/mol. The van der Waals surface area contributed by atoms with E-state index in [1.54, 1.807) is 0 Å². The minimum atomic E-state index is -3.22. The van der Waals surface area contributed by atoms with E-state index in [1.807, 2.05) is 31.2 Å². The van der Waals surface area contributed by atoms with E-state index < -0.39 is 10.0 Å². The van der Waals surface area contributed by atoms with Gasteiger partial charge in [0, 0.05) is 30.1 Å². The molecule has 7 nitrogen and oxygen atoms in total. The van der Waals surface area contributed by atoms with Crippen LogP contribution in [-0.2, 0) is 23.0 Å². The number of urea groups is 1. The SMILES string of the molecule is Cc1ccccc1NC(=O)Nc1nc2c(s1)CN(S(C)(=O)=O)CC2. The van der Waals surface area contributed by atoms with Gasteiger partial charge in [0.15, 0.2) is 5.13 Å². The average Bonchev–Trinajstić information content (AvgIpc) is 2.89. The summed E-state index contributed by atoms with van der Waals surface area (Å²) < 4.78 is 24.7. The maximum Gasteiger partial charge on any atom is 0.325 e. The molecule has 2 heterocycles. The molecule has 9 heteroatoms. The molecule has 0 aliphatic carbocycles. The molecule has 0 radical (unpaired) electrons. The molecule has 0 saturated heterocycles. The Hall–Kier alpha value is -1.97. The lowest BCUT2D eigenvalue weighted by molar-refractivity contribution is 0.262. The number of amides is 2. The minimum absolute atomic E-state index is 0.312. The Morgan fingerprint density at radius 1 is 1.29 bits per heavy atom. The lowest BCUT2D eigenvalue weighted by atomic mass is 10.2. The van der Waals surface area contributed by atoms with Crippen LogP contribution >= 0.6 is 11.3 Å². The van der Waals surface area contributed by atoms with Crippen molar-refractivity contribution in [3.63, 3.8) is 0 Å². The Kier molecular flexibility index (Phi) is 4.57. The lowest BCUT2D eigenvalue weighted by Gasteiger charge is -2.23. The van der Waals surface area contributed by atoms with Gasteiger partial charge in [-0.25, -0.2) is 18.2 Å². The predicted molar refractivity (Wildman–Crippen MR) is 94.9 cm³/mol. The molecular formula is C15H18N4O3S2. The zero-order valence-corrected chi connectivity index (χ0v) is 15.0. The van der Waals surface area contributed by atoms with Gasteiger partial charge in [0.05, 0.1) is 11.9 Å². The normalized spacial score (nSPS) is 14.9. The van der Waals surface area contributed by atoms with E-state index in [1.165, 1.54) is 21.9 Å². The number of rotatable bonds is 3. The van der Waals surface area contributed by atoms with Crippen LogP contribution in [0.4, 0.5) is 15.6 Å². The van der Waals surface area contributed by atoms with Gasteiger partial charge in [-0.05, 0) is 18.6 Å². The molecule has 1 aromatic carbocycles. The number of para-hydroxylation sites is 1. The number of anilines is 2. The molecule has 0 fully saturated rings. The quantitative estimate of drug-likeness (QED) is 0.873. The zero-order valence-electron chi connectivity index (χ0n) is 13.4. The fraction of sp³-hybridized carbons (Fsp3) is 0.333. The number of nitrogens with one attached hydrogen (secondary N) is 2. The molecule has 2 amide bonds. The van der Waals surface area contributed by atoms with Crippen molar-refractivity contribution in [1.82, 2.24) is 9.29 Å². The number of thiazole rings is 1. The highest BCUT2D eigenvalue weighted by molar-refractivity contribution is 7.88. The Labute approximate surface area is 144 Å². The molecule has 1 aliphatic rings. The first-order valence-electron chi connectivity index (χ1n) is 7.40. The van der Waals surface area contributed by atoms with Gasteiger partial charge in [-0.2, -0.15) is 4.31 Å². The molecule has 0 bridgehead atoms. The third-order valence-corrected chi connectivity index (χ3v) is 6.03. The largest absolute Gasteiger partial charge is 0.325 e. The number of sulfonamides is 1. The molecule has 0 atom stereocenters. The van der Waals surface area contributed by atoms with Crippen LogP contribution in [0.15, 0.2) is 24.3 Å². The number of nitrogens with zero attached hydrogens (tertiary/aromatic N) is 2. The summed E-state index contributed by atoms with van der Waals surface area (Å²) in [5.74, 6) is 0. The molecule has 2 N–H and O–H groups in total. The number of aromatic nitrogens is 1. The maximum atomic E-state index is 12.1. The number of benzene rings is 1. The lowest BCUT2D eigenvalue weighted by Crippen LogP contribution is -2.34. The minimum Gasteiger partial charge on any atom is -0.307 e. The number of carbonyl (C=O) groups excluding carboxylic acids is 1.